The standard InChI is InChI=1S/C29H38N/c1-19-15-23(22-11-9-8-10-12-22)18-27(21(19)3)28-26-14-13-25(29(4,5)6)17-24(26)16-20(2)30(28)7/h13-18,22H,8-12H2,1-7H3/q+1/i16D. The van der Waals surface area contributed by atoms with E-state index in [-0.39, 0.29) is 5.41 Å². The first-order chi connectivity index (χ1) is 14.6. The Labute approximate surface area is 184 Å². The zero-order valence-electron chi connectivity index (χ0n) is 20.9. The van der Waals surface area contributed by atoms with Crippen LogP contribution in [0, 0.1) is 20.8 Å². The lowest BCUT2D eigenvalue weighted by molar-refractivity contribution is -0.665. The predicted octanol–water partition coefficient (Wildman–Crippen LogP) is 7.60. The number of aryl methyl sites for hydroxylation is 1. The van der Waals surface area contributed by atoms with Crippen molar-refractivity contribution in [2.45, 2.75) is 85.0 Å². The second kappa shape index (κ2) is 7.84. The lowest BCUT2D eigenvalue weighted by atomic mass is 9.81. The van der Waals surface area contributed by atoms with Crippen molar-refractivity contribution in [2.24, 2.45) is 7.05 Å². The van der Waals surface area contributed by atoms with Gasteiger partial charge in [0.15, 0.2) is 5.69 Å². The fourth-order valence-corrected chi connectivity index (χ4v) is 5.08. The maximum atomic E-state index is 8.87. The average Bonchev–Trinajstić information content (AvgIpc) is 2.74. The van der Waals surface area contributed by atoms with E-state index >= 15 is 0 Å². The maximum Gasteiger partial charge on any atom is 0.220 e. The summed E-state index contributed by atoms with van der Waals surface area (Å²) in [5, 5.41) is 2.26. The van der Waals surface area contributed by atoms with E-state index in [2.05, 4.69) is 83.5 Å². The minimum Gasteiger partial charge on any atom is -0.198 e. The van der Waals surface area contributed by atoms with E-state index in [0.29, 0.717) is 12.0 Å². The summed E-state index contributed by atoms with van der Waals surface area (Å²) in [4.78, 5) is 0. The van der Waals surface area contributed by atoms with Crippen LogP contribution in [0.2, 0.25) is 0 Å². The molecule has 0 unspecified atom stereocenters. The second-order valence-corrected chi connectivity index (χ2v) is 10.5. The molecule has 0 amide bonds. The van der Waals surface area contributed by atoms with Crippen LogP contribution in [0.4, 0.5) is 0 Å². The van der Waals surface area contributed by atoms with Gasteiger partial charge in [0.25, 0.3) is 0 Å². The highest BCUT2D eigenvalue weighted by molar-refractivity contribution is 5.94. The van der Waals surface area contributed by atoms with Gasteiger partial charge < -0.3 is 0 Å². The molecule has 1 fully saturated rings. The third kappa shape index (κ3) is 3.80. The quantitative estimate of drug-likeness (QED) is 0.389. The molecule has 1 heterocycles. The molecule has 1 saturated carbocycles. The van der Waals surface area contributed by atoms with Gasteiger partial charge in [-0.15, -0.1) is 0 Å². The Balaban J connectivity index is 2.00. The summed E-state index contributed by atoms with van der Waals surface area (Å²) >= 11 is 0. The third-order valence-corrected chi connectivity index (χ3v) is 7.32. The van der Waals surface area contributed by atoms with Gasteiger partial charge in [-0.05, 0) is 77.8 Å². The molecule has 158 valence electrons. The first kappa shape index (κ1) is 19.8. The summed E-state index contributed by atoms with van der Waals surface area (Å²) < 4.78 is 11.1. The molecule has 0 radical (unpaired) electrons. The van der Waals surface area contributed by atoms with Crippen LogP contribution in [-0.4, -0.2) is 0 Å². The van der Waals surface area contributed by atoms with Gasteiger partial charge in [-0.1, -0.05) is 58.2 Å². The van der Waals surface area contributed by atoms with Crippen molar-refractivity contribution in [3.63, 3.8) is 0 Å². The van der Waals surface area contributed by atoms with E-state index in [1.807, 2.05) is 0 Å². The summed E-state index contributed by atoms with van der Waals surface area (Å²) in [7, 11) is 2.13. The van der Waals surface area contributed by atoms with E-state index in [9.17, 15) is 0 Å². The molecule has 1 aliphatic rings. The fraction of sp³-hybridized carbons (Fsp3) is 0.483. The molecule has 1 aliphatic carbocycles. The molecular weight excluding hydrogens is 362 g/mol. The maximum absolute atomic E-state index is 8.87. The zero-order valence-corrected chi connectivity index (χ0v) is 19.9. The normalized spacial score (nSPS) is 16.2. The number of hydrogen-bond donors (Lipinski definition) is 0. The molecular formula is C29H38N+. The minimum absolute atomic E-state index is 0.0696. The predicted molar refractivity (Wildman–Crippen MR) is 129 cm³/mol. The molecule has 1 heteroatoms. The molecule has 0 spiro atoms. The van der Waals surface area contributed by atoms with Crippen molar-refractivity contribution in [3.8, 4) is 11.3 Å². The highest BCUT2D eigenvalue weighted by Crippen LogP contribution is 2.38. The molecule has 0 aliphatic heterocycles. The minimum atomic E-state index is 0.0696. The third-order valence-electron chi connectivity index (χ3n) is 7.32. The van der Waals surface area contributed by atoms with Crippen molar-refractivity contribution in [3.05, 3.63) is 64.3 Å². The van der Waals surface area contributed by atoms with Gasteiger partial charge in [-0.3, -0.25) is 0 Å². The van der Waals surface area contributed by atoms with E-state index in [0.717, 1.165) is 11.1 Å². The molecule has 0 N–H and O–H groups in total. The van der Waals surface area contributed by atoms with E-state index in [1.165, 1.54) is 71.0 Å². The molecule has 0 bridgehead atoms. The Bertz CT molecular complexity index is 1140. The second-order valence-electron chi connectivity index (χ2n) is 10.5. The lowest BCUT2D eigenvalue weighted by Crippen LogP contribution is -2.35. The number of benzene rings is 2. The Hall–Kier alpha value is -2.15. The van der Waals surface area contributed by atoms with E-state index < -0.39 is 0 Å². The van der Waals surface area contributed by atoms with Gasteiger partial charge in [-0.25, -0.2) is 0 Å². The molecule has 0 atom stereocenters. The summed E-state index contributed by atoms with van der Waals surface area (Å²) in [6.07, 6.45) is 6.72. The first-order valence-electron chi connectivity index (χ1n) is 12.1. The van der Waals surface area contributed by atoms with Gasteiger partial charge in [0.05, 0.1) is 12.3 Å². The van der Waals surface area contributed by atoms with Crippen molar-refractivity contribution in [1.82, 2.24) is 0 Å². The number of nitrogens with zero attached hydrogens (tertiary/aromatic N) is 1. The molecule has 3 aromatic rings. The van der Waals surface area contributed by atoms with Gasteiger partial charge in [0, 0.05) is 13.0 Å². The van der Waals surface area contributed by atoms with Crippen LogP contribution in [0.15, 0.2) is 36.4 Å². The Kier molecular flexibility index (Phi) is 5.17. The van der Waals surface area contributed by atoms with Crippen LogP contribution in [-0.2, 0) is 12.5 Å². The van der Waals surface area contributed by atoms with Crippen LogP contribution in [0.5, 0.6) is 0 Å². The fourth-order valence-electron chi connectivity index (χ4n) is 5.08. The summed E-state index contributed by atoms with van der Waals surface area (Å²) in [6.45, 7) is 13.3. The highest BCUT2D eigenvalue weighted by Gasteiger charge is 2.24. The lowest BCUT2D eigenvalue weighted by Gasteiger charge is -2.24. The van der Waals surface area contributed by atoms with Crippen LogP contribution >= 0.6 is 0 Å². The monoisotopic (exact) mass is 401 g/mol. The number of aromatic nitrogens is 1. The topological polar surface area (TPSA) is 3.88 Å². The van der Waals surface area contributed by atoms with Gasteiger partial charge >= 0.3 is 0 Å². The van der Waals surface area contributed by atoms with Crippen molar-refractivity contribution < 1.29 is 5.94 Å². The average molecular weight is 402 g/mol. The van der Waals surface area contributed by atoms with E-state index in [1.54, 1.807) is 0 Å². The Morgan fingerprint density at radius 3 is 2.33 bits per heavy atom. The molecule has 4 rings (SSSR count). The first-order valence-corrected chi connectivity index (χ1v) is 11.6. The number of pyridine rings is 1. The summed E-state index contributed by atoms with van der Waals surface area (Å²) in [5.41, 5.74) is 9.20. The molecule has 0 saturated heterocycles. The number of fused-ring (bicyclic) bond motifs is 1. The van der Waals surface area contributed by atoms with Crippen LogP contribution < -0.4 is 4.57 Å². The summed E-state index contributed by atoms with van der Waals surface area (Å²) in [5.74, 6) is 0.687. The Morgan fingerprint density at radius 2 is 1.67 bits per heavy atom. The largest absolute Gasteiger partial charge is 0.220 e. The molecule has 30 heavy (non-hydrogen) atoms. The van der Waals surface area contributed by atoms with Crippen LogP contribution in [0.1, 0.15) is 88.1 Å². The number of rotatable bonds is 2. The smallest absolute Gasteiger partial charge is 0.198 e. The van der Waals surface area contributed by atoms with Crippen molar-refractivity contribution >= 4 is 10.8 Å². The molecule has 1 aromatic heterocycles. The zero-order chi connectivity index (χ0) is 22.5. The van der Waals surface area contributed by atoms with Crippen molar-refractivity contribution in [2.75, 3.05) is 0 Å². The summed E-state index contributed by atoms with van der Waals surface area (Å²) in [6, 6.07) is 12.3. The Morgan fingerprint density at radius 1 is 0.967 bits per heavy atom. The van der Waals surface area contributed by atoms with Gasteiger partial charge in [0.2, 0.25) is 5.69 Å². The van der Waals surface area contributed by atoms with Crippen LogP contribution in [0.3, 0.4) is 0 Å². The molecule has 2 aromatic carbocycles. The van der Waals surface area contributed by atoms with Gasteiger partial charge in [-0.2, -0.15) is 4.57 Å². The van der Waals surface area contributed by atoms with Gasteiger partial charge in [0.1, 0.15) is 7.05 Å². The highest BCUT2D eigenvalue weighted by atomic mass is 14.9. The van der Waals surface area contributed by atoms with E-state index in [4.69, 9.17) is 1.37 Å². The number of hydrogen-bond acceptors (Lipinski definition) is 0. The molecule has 1 nitrogen and oxygen atoms in total. The van der Waals surface area contributed by atoms with Crippen LogP contribution in [0.25, 0.3) is 22.0 Å². The SMILES string of the molecule is [2H]c1c(C)[n+](C)c(-c2cc(C3CCCCC3)cc(C)c2C)c2ccc(C(C)(C)C)cc12. The van der Waals surface area contributed by atoms with Crippen molar-refractivity contribution in [1.29, 1.82) is 0 Å².